The number of carbonyl (C=O) groups is 1. The minimum absolute atomic E-state index is 0.00600. The highest BCUT2D eigenvalue weighted by Crippen LogP contribution is 2.13. The smallest absolute Gasteiger partial charge is 0.270 e. The van der Waals surface area contributed by atoms with E-state index in [1.165, 1.54) is 12.3 Å². The third-order valence-corrected chi connectivity index (χ3v) is 5.74. The highest BCUT2D eigenvalue weighted by molar-refractivity contribution is 7.91. The lowest BCUT2D eigenvalue weighted by Gasteiger charge is -2.12. The molecule has 2 fully saturated rings. The lowest BCUT2D eigenvalue weighted by molar-refractivity contribution is 0.0936. The van der Waals surface area contributed by atoms with E-state index in [4.69, 9.17) is 4.74 Å². The van der Waals surface area contributed by atoms with Crippen LogP contribution < -0.4 is 10.6 Å². The molecule has 0 spiro atoms. The fourth-order valence-electron chi connectivity index (χ4n) is 2.75. The molecule has 2 aliphatic heterocycles. The fourth-order valence-corrected chi connectivity index (χ4v) is 4.42. The monoisotopic (exact) mass is 340 g/mol. The number of amides is 1. The van der Waals surface area contributed by atoms with Crippen LogP contribution in [0.3, 0.4) is 0 Å². The first-order chi connectivity index (χ1) is 11.0. The molecule has 8 nitrogen and oxygen atoms in total. The van der Waals surface area contributed by atoms with E-state index in [1.807, 2.05) is 0 Å². The molecule has 23 heavy (non-hydrogen) atoms. The lowest BCUT2D eigenvalue weighted by Crippen LogP contribution is -2.36. The molecule has 2 aliphatic rings. The Kier molecular flexibility index (Phi) is 4.76. The van der Waals surface area contributed by atoms with E-state index in [9.17, 15) is 13.2 Å². The van der Waals surface area contributed by atoms with Crippen LogP contribution in [0.1, 0.15) is 29.8 Å². The van der Waals surface area contributed by atoms with Gasteiger partial charge in [-0.1, -0.05) is 0 Å². The second kappa shape index (κ2) is 6.79. The first-order valence-electron chi connectivity index (χ1n) is 7.72. The minimum atomic E-state index is -3.02. The van der Waals surface area contributed by atoms with E-state index < -0.39 is 9.84 Å². The van der Waals surface area contributed by atoms with Crippen molar-refractivity contribution >= 4 is 21.7 Å². The average molecular weight is 340 g/mol. The molecule has 126 valence electrons. The SMILES string of the molecule is O=C(NC1CCS(=O)(=O)C1)c1ccnc(NCC2CCCO2)n1. The summed E-state index contributed by atoms with van der Waals surface area (Å²) in [5.41, 5.74) is 0.221. The van der Waals surface area contributed by atoms with Gasteiger partial charge < -0.3 is 15.4 Å². The second-order valence-electron chi connectivity index (χ2n) is 5.85. The van der Waals surface area contributed by atoms with Gasteiger partial charge in [0, 0.05) is 25.4 Å². The summed E-state index contributed by atoms with van der Waals surface area (Å²) in [4.78, 5) is 20.4. The number of anilines is 1. The molecule has 2 N–H and O–H groups in total. The van der Waals surface area contributed by atoms with Crippen LogP contribution in [-0.4, -0.2) is 61.1 Å². The molecule has 1 amide bonds. The van der Waals surface area contributed by atoms with Crippen molar-refractivity contribution in [2.45, 2.75) is 31.4 Å². The summed E-state index contributed by atoms with van der Waals surface area (Å²) in [6.45, 7) is 1.38. The van der Waals surface area contributed by atoms with Crippen molar-refractivity contribution in [3.63, 3.8) is 0 Å². The summed E-state index contributed by atoms with van der Waals surface area (Å²) in [5.74, 6) is 0.103. The van der Waals surface area contributed by atoms with Gasteiger partial charge in [-0.2, -0.15) is 0 Å². The second-order valence-corrected chi connectivity index (χ2v) is 8.08. The molecule has 9 heteroatoms. The van der Waals surface area contributed by atoms with Crippen molar-refractivity contribution in [3.8, 4) is 0 Å². The van der Waals surface area contributed by atoms with Crippen molar-refractivity contribution < 1.29 is 17.9 Å². The predicted octanol–water partition coefficient (Wildman–Crippen LogP) is -0.0156. The van der Waals surface area contributed by atoms with Crippen LogP contribution in [0, 0.1) is 0 Å². The Balaban J connectivity index is 1.56. The molecule has 3 heterocycles. The van der Waals surface area contributed by atoms with E-state index in [-0.39, 0.29) is 35.3 Å². The zero-order valence-corrected chi connectivity index (χ0v) is 13.5. The topological polar surface area (TPSA) is 110 Å². The molecule has 3 rings (SSSR count). The lowest BCUT2D eigenvalue weighted by atomic mass is 10.2. The number of carbonyl (C=O) groups excluding carboxylic acids is 1. The first-order valence-corrected chi connectivity index (χ1v) is 9.54. The summed E-state index contributed by atoms with van der Waals surface area (Å²) in [7, 11) is -3.02. The summed E-state index contributed by atoms with van der Waals surface area (Å²) in [5, 5.41) is 5.78. The van der Waals surface area contributed by atoms with Crippen LogP contribution in [0.5, 0.6) is 0 Å². The largest absolute Gasteiger partial charge is 0.376 e. The predicted molar refractivity (Wildman–Crippen MR) is 84.0 cm³/mol. The van der Waals surface area contributed by atoms with Crippen molar-refractivity contribution in [2.75, 3.05) is 30.0 Å². The van der Waals surface area contributed by atoms with Gasteiger partial charge in [-0.3, -0.25) is 4.79 Å². The van der Waals surface area contributed by atoms with E-state index >= 15 is 0 Å². The third kappa shape index (κ3) is 4.38. The van der Waals surface area contributed by atoms with Crippen LogP contribution in [0.4, 0.5) is 5.95 Å². The number of nitrogens with one attached hydrogen (secondary N) is 2. The Hall–Kier alpha value is -1.74. The molecule has 1 aromatic rings. The molecule has 0 radical (unpaired) electrons. The van der Waals surface area contributed by atoms with Gasteiger partial charge in [0.25, 0.3) is 5.91 Å². The van der Waals surface area contributed by atoms with Crippen LogP contribution in [0.2, 0.25) is 0 Å². The Morgan fingerprint density at radius 1 is 1.39 bits per heavy atom. The summed E-state index contributed by atoms with van der Waals surface area (Å²) in [6, 6.07) is 1.17. The van der Waals surface area contributed by atoms with Crippen LogP contribution in [0.25, 0.3) is 0 Å². The number of hydrogen-bond acceptors (Lipinski definition) is 7. The maximum Gasteiger partial charge on any atom is 0.270 e. The van der Waals surface area contributed by atoms with Crippen molar-refractivity contribution in [2.24, 2.45) is 0 Å². The van der Waals surface area contributed by atoms with Gasteiger partial charge in [0.2, 0.25) is 5.95 Å². The van der Waals surface area contributed by atoms with Gasteiger partial charge in [-0.05, 0) is 25.3 Å². The summed E-state index contributed by atoms with van der Waals surface area (Å²) >= 11 is 0. The molecule has 2 atom stereocenters. The maximum absolute atomic E-state index is 12.2. The maximum atomic E-state index is 12.2. The van der Waals surface area contributed by atoms with Gasteiger partial charge in [-0.15, -0.1) is 0 Å². The molecule has 0 saturated carbocycles. The molecule has 2 unspecified atom stereocenters. The van der Waals surface area contributed by atoms with Gasteiger partial charge in [-0.25, -0.2) is 18.4 Å². The first kappa shape index (κ1) is 16.1. The fraction of sp³-hybridized carbons (Fsp3) is 0.643. The molecular formula is C14H20N4O4S. The number of aromatic nitrogens is 2. The van der Waals surface area contributed by atoms with Gasteiger partial charge in [0.05, 0.1) is 17.6 Å². The standard InChI is InChI=1S/C14H20N4O4S/c19-13(17-10-4-7-23(20,21)9-10)12-3-5-15-14(18-12)16-8-11-2-1-6-22-11/h3,5,10-11H,1-2,4,6-9H2,(H,17,19)(H,15,16,18). The van der Waals surface area contributed by atoms with E-state index in [0.717, 1.165) is 19.4 Å². The van der Waals surface area contributed by atoms with Gasteiger partial charge >= 0.3 is 0 Å². The van der Waals surface area contributed by atoms with Crippen LogP contribution >= 0.6 is 0 Å². The van der Waals surface area contributed by atoms with E-state index in [1.54, 1.807) is 0 Å². The summed E-state index contributed by atoms with van der Waals surface area (Å²) in [6.07, 6.45) is 4.16. The Bertz CT molecular complexity index is 673. The molecular weight excluding hydrogens is 320 g/mol. The number of ether oxygens (including phenoxy) is 1. The van der Waals surface area contributed by atoms with Crippen LogP contribution in [-0.2, 0) is 14.6 Å². The van der Waals surface area contributed by atoms with Crippen LogP contribution in [0.15, 0.2) is 12.3 Å². The number of rotatable bonds is 5. The highest BCUT2D eigenvalue weighted by atomic mass is 32.2. The third-order valence-electron chi connectivity index (χ3n) is 3.97. The van der Waals surface area contributed by atoms with Crippen molar-refractivity contribution in [1.82, 2.24) is 15.3 Å². The Morgan fingerprint density at radius 3 is 2.96 bits per heavy atom. The molecule has 0 aliphatic carbocycles. The molecule has 0 aromatic carbocycles. The summed E-state index contributed by atoms with van der Waals surface area (Å²) < 4.78 is 28.4. The number of hydrogen-bond donors (Lipinski definition) is 2. The number of nitrogens with zero attached hydrogens (tertiary/aromatic N) is 2. The molecule has 1 aromatic heterocycles. The molecule has 0 bridgehead atoms. The average Bonchev–Trinajstić information content (AvgIpc) is 3.15. The van der Waals surface area contributed by atoms with E-state index in [2.05, 4.69) is 20.6 Å². The van der Waals surface area contributed by atoms with Gasteiger partial charge in [0.1, 0.15) is 5.69 Å². The number of sulfone groups is 1. The Morgan fingerprint density at radius 2 is 2.26 bits per heavy atom. The van der Waals surface area contributed by atoms with Crippen molar-refractivity contribution in [1.29, 1.82) is 0 Å². The zero-order valence-electron chi connectivity index (χ0n) is 12.7. The molecule has 2 saturated heterocycles. The quantitative estimate of drug-likeness (QED) is 0.775. The van der Waals surface area contributed by atoms with Gasteiger partial charge in [0.15, 0.2) is 9.84 Å². The Labute approximate surface area is 135 Å². The van der Waals surface area contributed by atoms with Crippen molar-refractivity contribution in [3.05, 3.63) is 18.0 Å². The minimum Gasteiger partial charge on any atom is -0.376 e. The zero-order chi connectivity index (χ0) is 16.3. The normalized spacial score (nSPS) is 26.1. The highest BCUT2D eigenvalue weighted by Gasteiger charge is 2.29. The van der Waals surface area contributed by atoms with E-state index in [0.29, 0.717) is 18.9 Å².